The van der Waals surface area contributed by atoms with Gasteiger partial charge < -0.3 is 14.4 Å². The van der Waals surface area contributed by atoms with Crippen molar-refractivity contribution in [2.24, 2.45) is 0 Å². The van der Waals surface area contributed by atoms with Gasteiger partial charge in [-0.15, -0.1) is 10.2 Å². The smallest absolute Gasteiger partial charge is 0.244 e. The van der Waals surface area contributed by atoms with Gasteiger partial charge in [0.15, 0.2) is 5.82 Å². The molecule has 1 saturated carbocycles. The largest absolute Gasteiger partial charge is 0.495 e. The molecule has 0 unspecified atom stereocenters. The fourth-order valence-corrected chi connectivity index (χ4v) is 4.83. The molecule has 2 N–H and O–H groups in total. The summed E-state index contributed by atoms with van der Waals surface area (Å²) in [6.07, 6.45) is 1.30. The summed E-state index contributed by atoms with van der Waals surface area (Å²) in [7, 11) is -2.21. The van der Waals surface area contributed by atoms with Crippen LogP contribution in [-0.2, 0) is 23.2 Å². The van der Waals surface area contributed by atoms with Crippen LogP contribution >= 0.6 is 0 Å². The zero-order chi connectivity index (χ0) is 18.9. The second-order valence-electron chi connectivity index (χ2n) is 6.52. The van der Waals surface area contributed by atoms with E-state index in [1.54, 1.807) is 12.1 Å². The predicted molar refractivity (Wildman–Crippen MR) is 95.4 cm³/mol. The fourth-order valence-electron chi connectivity index (χ4n) is 3.31. The zero-order valence-corrected chi connectivity index (χ0v) is 16.0. The van der Waals surface area contributed by atoms with Crippen LogP contribution in [0.2, 0.25) is 0 Å². The molecule has 1 aromatic carbocycles. The zero-order valence-electron chi connectivity index (χ0n) is 15.1. The number of sulfonamides is 1. The molecule has 26 heavy (non-hydrogen) atoms. The highest BCUT2D eigenvalue weighted by Gasteiger charge is 2.37. The number of hydrogen-bond donors (Lipinski definition) is 2. The molecule has 2 aromatic rings. The summed E-state index contributed by atoms with van der Waals surface area (Å²) < 4.78 is 35.3. The van der Waals surface area contributed by atoms with Crippen LogP contribution in [-0.4, -0.2) is 41.4 Å². The van der Waals surface area contributed by atoms with E-state index < -0.39 is 10.0 Å². The summed E-state index contributed by atoms with van der Waals surface area (Å²) in [5.41, 5.74) is 0.852. The Labute approximate surface area is 153 Å². The number of nitrogens with one attached hydrogen (secondary N) is 1. The molecule has 0 spiro atoms. The first-order chi connectivity index (χ1) is 12.4. The minimum atomic E-state index is -3.66. The van der Waals surface area contributed by atoms with Crippen LogP contribution in [0.1, 0.15) is 42.9 Å². The first-order valence-corrected chi connectivity index (χ1v) is 10.1. The lowest BCUT2D eigenvalue weighted by Gasteiger charge is -2.35. The number of methoxy groups -OCH3 is 1. The van der Waals surface area contributed by atoms with Crippen molar-refractivity contribution in [3.05, 3.63) is 35.4 Å². The van der Waals surface area contributed by atoms with Gasteiger partial charge in [-0.25, -0.2) is 13.1 Å². The number of hydrogen-bond acceptors (Lipinski definition) is 6. The number of aryl methyl sites for hydroxylation is 1. The molecule has 9 heteroatoms. The van der Waals surface area contributed by atoms with Gasteiger partial charge in [0.25, 0.3) is 0 Å². The van der Waals surface area contributed by atoms with Crippen LogP contribution in [0, 0.1) is 6.92 Å². The highest BCUT2D eigenvalue weighted by atomic mass is 32.2. The number of aliphatic hydroxyl groups is 1. The van der Waals surface area contributed by atoms with Crippen LogP contribution in [0.15, 0.2) is 23.1 Å². The van der Waals surface area contributed by atoms with E-state index in [0.717, 1.165) is 11.4 Å². The molecular formula is C17H24N4O4S. The molecule has 3 rings (SSSR count). The van der Waals surface area contributed by atoms with Crippen LogP contribution in [0.5, 0.6) is 5.75 Å². The van der Waals surface area contributed by atoms with Crippen molar-refractivity contribution in [2.45, 2.75) is 56.7 Å². The standard InChI is InChI=1S/C17H24N4O4S/c1-4-21-16(10-22)18-19-17(21)12-8-13(9-12)20-26(23,24)15-7-11(2)5-6-14(15)25-3/h5-7,12-13,20,22H,4,8-10H2,1-3H3. The lowest BCUT2D eigenvalue weighted by atomic mass is 9.80. The van der Waals surface area contributed by atoms with E-state index in [4.69, 9.17) is 4.74 Å². The van der Waals surface area contributed by atoms with Gasteiger partial charge >= 0.3 is 0 Å². The molecule has 1 fully saturated rings. The highest BCUT2D eigenvalue weighted by Crippen LogP contribution is 2.37. The SMILES string of the molecule is CCn1c(CO)nnc1C1CC(NS(=O)(=O)c2cc(C)ccc2OC)C1. The van der Waals surface area contributed by atoms with Crippen molar-refractivity contribution in [2.75, 3.05) is 7.11 Å². The van der Waals surface area contributed by atoms with Crippen LogP contribution in [0.4, 0.5) is 0 Å². The first kappa shape index (κ1) is 18.8. The van der Waals surface area contributed by atoms with Crippen molar-refractivity contribution < 1.29 is 18.3 Å². The maximum absolute atomic E-state index is 12.7. The van der Waals surface area contributed by atoms with Gasteiger partial charge in [0, 0.05) is 18.5 Å². The third kappa shape index (κ3) is 3.46. The molecule has 0 saturated heterocycles. The Bertz CT molecular complexity index is 888. The van der Waals surface area contributed by atoms with Crippen LogP contribution in [0.25, 0.3) is 0 Å². The van der Waals surface area contributed by atoms with Gasteiger partial charge in [-0.1, -0.05) is 6.07 Å². The monoisotopic (exact) mass is 380 g/mol. The second kappa shape index (κ2) is 7.34. The predicted octanol–water partition coefficient (Wildman–Crippen LogP) is 1.33. The number of benzene rings is 1. The molecular weight excluding hydrogens is 356 g/mol. The topological polar surface area (TPSA) is 106 Å². The fraction of sp³-hybridized carbons (Fsp3) is 0.529. The second-order valence-corrected chi connectivity index (χ2v) is 8.20. The molecule has 1 aromatic heterocycles. The number of nitrogens with zero attached hydrogens (tertiary/aromatic N) is 3. The Morgan fingerprint density at radius 1 is 1.35 bits per heavy atom. The summed E-state index contributed by atoms with van der Waals surface area (Å²) in [4.78, 5) is 0.155. The third-order valence-corrected chi connectivity index (χ3v) is 6.29. The molecule has 0 amide bonds. The summed E-state index contributed by atoms with van der Waals surface area (Å²) in [5.74, 6) is 1.81. The van der Waals surface area contributed by atoms with E-state index in [9.17, 15) is 13.5 Å². The quantitative estimate of drug-likeness (QED) is 0.751. The van der Waals surface area contributed by atoms with Crippen molar-refractivity contribution in [3.8, 4) is 5.75 Å². The van der Waals surface area contributed by atoms with Gasteiger partial charge in [-0.05, 0) is 44.4 Å². The molecule has 0 atom stereocenters. The Morgan fingerprint density at radius 2 is 2.08 bits per heavy atom. The molecule has 0 bridgehead atoms. The molecule has 1 heterocycles. The van der Waals surface area contributed by atoms with E-state index in [-0.39, 0.29) is 23.5 Å². The van der Waals surface area contributed by atoms with Crippen LogP contribution in [0.3, 0.4) is 0 Å². The van der Waals surface area contributed by atoms with Crippen molar-refractivity contribution in [1.82, 2.24) is 19.5 Å². The van der Waals surface area contributed by atoms with Crippen molar-refractivity contribution in [3.63, 3.8) is 0 Å². The van der Waals surface area contributed by atoms with Crippen molar-refractivity contribution >= 4 is 10.0 Å². The van der Waals surface area contributed by atoms with Gasteiger partial charge in [0.2, 0.25) is 10.0 Å². The van der Waals surface area contributed by atoms with E-state index in [0.29, 0.717) is 31.0 Å². The molecule has 8 nitrogen and oxygen atoms in total. The van der Waals surface area contributed by atoms with E-state index in [2.05, 4.69) is 14.9 Å². The first-order valence-electron chi connectivity index (χ1n) is 8.59. The minimum absolute atomic E-state index is 0.134. The summed E-state index contributed by atoms with van der Waals surface area (Å²) in [5, 5.41) is 17.5. The Balaban J connectivity index is 1.71. The Kier molecular flexibility index (Phi) is 5.31. The van der Waals surface area contributed by atoms with Crippen molar-refractivity contribution in [1.29, 1.82) is 0 Å². The lowest BCUT2D eigenvalue weighted by molar-refractivity contribution is 0.261. The minimum Gasteiger partial charge on any atom is -0.495 e. The number of aliphatic hydroxyl groups excluding tert-OH is 1. The maximum Gasteiger partial charge on any atom is 0.244 e. The average Bonchev–Trinajstić information content (AvgIpc) is 3.00. The molecule has 0 aliphatic heterocycles. The van der Waals surface area contributed by atoms with Crippen LogP contribution < -0.4 is 9.46 Å². The summed E-state index contributed by atoms with van der Waals surface area (Å²) in [6.45, 7) is 4.32. The van der Waals surface area contributed by atoms with E-state index >= 15 is 0 Å². The van der Waals surface area contributed by atoms with Gasteiger partial charge in [0.05, 0.1) is 7.11 Å². The highest BCUT2D eigenvalue weighted by molar-refractivity contribution is 7.89. The lowest BCUT2D eigenvalue weighted by Crippen LogP contribution is -2.44. The Morgan fingerprint density at radius 3 is 2.69 bits per heavy atom. The Hall–Kier alpha value is -1.97. The van der Waals surface area contributed by atoms with E-state index in [1.165, 1.54) is 7.11 Å². The van der Waals surface area contributed by atoms with Gasteiger partial charge in [0.1, 0.15) is 23.1 Å². The summed E-state index contributed by atoms with van der Waals surface area (Å²) >= 11 is 0. The molecule has 142 valence electrons. The van der Waals surface area contributed by atoms with Gasteiger partial charge in [-0.3, -0.25) is 0 Å². The number of aromatic nitrogens is 3. The molecule has 0 radical (unpaired) electrons. The van der Waals surface area contributed by atoms with E-state index in [1.807, 2.05) is 24.5 Å². The molecule has 1 aliphatic rings. The number of rotatable bonds is 7. The summed E-state index contributed by atoms with van der Waals surface area (Å²) in [6, 6.07) is 4.93. The third-order valence-electron chi connectivity index (χ3n) is 4.75. The molecule has 1 aliphatic carbocycles. The number of ether oxygens (including phenoxy) is 1. The average molecular weight is 380 g/mol. The normalized spacial score (nSPS) is 20.0. The van der Waals surface area contributed by atoms with Gasteiger partial charge in [-0.2, -0.15) is 0 Å². The maximum atomic E-state index is 12.7.